The van der Waals surface area contributed by atoms with Gasteiger partial charge >= 0.3 is 0 Å². The average molecular weight is 285 g/mol. The van der Waals surface area contributed by atoms with E-state index in [9.17, 15) is 9.90 Å². The molecule has 0 atom stereocenters. The monoisotopic (exact) mass is 285 g/mol. The molecule has 0 spiro atoms. The summed E-state index contributed by atoms with van der Waals surface area (Å²) in [6.07, 6.45) is 3.81. The fraction of sp³-hybridized carbons (Fsp3) is 0.312. The first-order valence-electron chi connectivity index (χ1n) is 7.05. The summed E-state index contributed by atoms with van der Waals surface area (Å²) in [4.78, 5) is 14.6. The van der Waals surface area contributed by atoms with Crippen LogP contribution < -0.4 is 5.73 Å². The van der Waals surface area contributed by atoms with Crippen LogP contribution in [0.1, 0.15) is 28.9 Å². The molecule has 0 unspecified atom stereocenters. The van der Waals surface area contributed by atoms with E-state index < -0.39 is 0 Å². The number of nitrogen functional groups attached to an aromatic ring is 1. The number of carbonyl (C=O) groups is 1. The Morgan fingerprint density at radius 1 is 1.43 bits per heavy atom. The number of hydrogen-bond acceptors (Lipinski definition) is 3. The maximum absolute atomic E-state index is 12.7. The number of nitrogens with two attached hydrogens (primary N) is 1. The molecule has 1 aliphatic carbocycles. The van der Waals surface area contributed by atoms with Crippen molar-refractivity contribution in [2.75, 3.05) is 5.73 Å². The molecular weight excluding hydrogens is 266 g/mol. The first-order chi connectivity index (χ1) is 10.0. The summed E-state index contributed by atoms with van der Waals surface area (Å²) in [7, 11) is 1.82. The molecule has 1 aromatic heterocycles. The van der Waals surface area contributed by atoms with E-state index in [0.717, 1.165) is 18.4 Å². The van der Waals surface area contributed by atoms with E-state index in [4.69, 9.17) is 5.73 Å². The average Bonchev–Trinajstić information content (AvgIpc) is 3.21. The Labute approximate surface area is 123 Å². The molecule has 3 N–H and O–H groups in total. The van der Waals surface area contributed by atoms with Gasteiger partial charge in [-0.05, 0) is 36.6 Å². The number of phenols is 1. The maximum Gasteiger partial charge on any atom is 0.271 e. The van der Waals surface area contributed by atoms with Crippen molar-refractivity contribution < 1.29 is 9.90 Å². The van der Waals surface area contributed by atoms with Gasteiger partial charge in [0.1, 0.15) is 11.4 Å². The number of benzene rings is 1. The fourth-order valence-corrected chi connectivity index (χ4v) is 2.55. The van der Waals surface area contributed by atoms with Crippen LogP contribution in [0.15, 0.2) is 36.5 Å². The van der Waals surface area contributed by atoms with Crippen molar-refractivity contribution >= 4 is 11.6 Å². The zero-order valence-electron chi connectivity index (χ0n) is 12.0. The molecule has 0 saturated heterocycles. The third-order valence-electron chi connectivity index (χ3n) is 3.76. The lowest BCUT2D eigenvalue weighted by Crippen LogP contribution is -2.33. The third kappa shape index (κ3) is 2.86. The molecule has 1 saturated carbocycles. The Morgan fingerprint density at radius 2 is 2.19 bits per heavy atom. The van der Waals surface area contributed by atoms with E-state index in [2.05, 4.69) is 0 Å². The lowest BCUT2D eigenvalue weighted by molar-refractivity contribution is 0.0720. The first-order valence-corrected chi connectivity index (χ1v) is 7.05. The van der Waals surface area contributed by atoms with Crippen molar-refractivity contribution in [1.82, 2.24) is 9.47 Å². The molecule has 21 heavy (non-hydrogen) atoms. The molecule has 0 radical (unpaired) electrons. The van der Waals surface area contributed by atoms with Gasteiger partial charge < -0.3 is 20.3 Å². The van der Waals surface area contributed by atoms with Crippen molar-refractivity contribution in [3.05, 3.63) is 47.8 Å². The largest absolute Gasteiger partial charge is 0.508 e. The van der Waals surface area contributed by atoms with Crippen LogP contribution in [0, 0.1) is 0 Å². The number of aromatic nitrogens is 1. The summed E-state index contributed by atoms with van der Waals surface area (Å²) in [5.41, 5.74) is 7.87. The number of rotatable bonds is 4. The highest BCUT2D eigenvalue weighted by Gasteiger charge is 2.34. The SMILES string of the molecule is Cn1cc(N)cc1C(=O)N(Cc1cccc(O)c1)C1CC1. The predicted octanol–water partition coefficient (Wildman–Crippen LogP) is 2.12. The number of carbonyl (C=O) groups excluding carboxylic acids is 1. The topological polar surface area (TPSA) is 71.5 Å². The summed E-state index contributed by atoms with van der Waals surface area (Å²) in [5, 5.41) is 9.56. The first kappa shape index (κ1) is 13.5. The Bertz CT molecular complexity index is 674. The van der Waals surface area contributed by atoms with Gasteiger partial charge in [-0.2, -0.15) is 0 Å². The Balaban J connectivity index is 1.85. The highest BCUT2D eigenvalue weighted by Crippen LogP contribution is 2.30. The predicted molar refractivity (Wildman–Crippen MR) is 80.8 cm³/mol. The zero-order chi connectivity index (χ0) is 15.0. The normalized spacial score (nSPS) is 14.1. The quantitative estimate of drug-likeness (QED) is 0.904. The van der Waals surface area contributed by atoms with Gasteiger partial charge in [0, 0.05) is 25.8 Å². The van der Waals surface area contributed by atoms with Crippen LogP contribution >= 0.6 is 0 Å². The van der Waals surface area contributed by atoms with Crippen molar-refractivity contribution in [3.8, 4) is 5.75 Å². The number of nitrogens with zero attached hydrogens (tertiary/aromatic N) is 2. The van der Waals surface area contributed by atoms with E-state index >= 15 is 0 Å². The number of hydrogen-bond donors (Lipinski definition) is 2. The highest BCUT2D eigenvalue weighted by molar-refractivity contribution is 5.94. The van der Waals surface area contributed by atoms with Gasteiger partial charge in [-0.3, -0.25) is 4.79 Å². The molecule has 1 fully saturated rings. The van der Waals surface area contributed by atoms with Crippen molar-refractivity contribution in [1.29, 1.82) is 0 Å². The third-order valence-corrected chi connectivity index (χ3v) is 3.76. The standard InChI is InChI=1S/C16H19N3O2/c1-18-10-12(17)8-15(18)16(21)19(13-5-6-13)9-11-3-2-4-14(20)7-11/h2-4,7-8,10,13,20H,5-6,9,17H2,1H3. The van der Waals surface area contributed by atoms with Gasteiger partial charge in [0.05, 0.1) is 5.69 Å². The fourth-order valence-electron chi connectivity index (χ4n) is 2.55. The van der Waals surface area contributed by atoms with Gasteiger partial charge in [0.15, 0.2) is 0 Å². The molecule has 0 bridgehead atoms. The Hall–Kier alpha value is -2.43. The molecule has 5 nitrogen and oxygen atoms in total. The second-order valence-electron chi connectivity index (χ2n) is 5.60. The second kappa shape index (κ2) is 5.16. The molecule has 1 aliphatic rings. The summed E-state index contributed by atoms with van der Waals surface area (Å²) in [6, 6.07) is 9.03. The molecule has 0 aliphatic heterocycles. The summed E-state index contributed by atoms with van der Waals surface area (Å²) >= 11 is 0. The van der Waals surface area contributed by atoms with Gasteiger partial charge in [-0.25, -0.2) is 0 Å². The number of aryl methyl sites for hydroxylation is 1. The minimum atomic E-state index is -0.0138. The Morgan fingerprint density at radius 3 is 2.76 bits per heavy atom. The number of aromatic hydroxyl groups is 1. The molecule has 3 rings (SSSR count). The smallest absolute Gasteiger partial charge is 0.271 e. The molecule has 1 aromatic carbocycles. The summed E-state index contributed by atoms with van der Waals surface area (Å²) in [6.45, 7) is 0.503. The van der Waals surface area contributed by atoms with Gasteiger partial charge in [-0.1, -0.05) is 12.1 Å². The van der Waals surface area contributed by atoms with Crippen LogP contribution in [0.25, 0.3) is 0 Å². The number of phenolic OH excluding ortho intramolecular Hbond substituents is 1. The van der Waals surface area contributed by atoms with Gasteiger partial charge in [-0.15, -0.1) is 0 Å². The summed E-state index contributed by atoms with van der Waals surface area (Å²) < 4.78 is 1.76. The molecule has 1 amide bonds. The second-order valence-corrected chi connectivity index (χ2v) is 5.60. The van der Waals surface area contributed by atoms with Crippen molar-refractivity contribution in [2.24, 2.45) is 7.05 Å². The number of anilines is 1. The van der Waals surface area contributed by atoms with E-state index in [1.54, 1.807) is 35.0 Å². The Kier molecular flexibility index (Phi) is 3.33. The van der Waals surface area contributed by atoms with Crippen LogP contribution in [-0.4, -0.2) is 26.5 Å². The highest BCUT2D eigenvalue weighted by atomic mass is 16.3. The van der Waals surface area contributed by atoms with E-state index in [1.165, 1.54) is 0 Å². The van der Waals surface area contributed by atoms with Crippen LogP contribution in [0.5, 0.6) is 5.75 Å². The van der Waals surface area contributed by atoms with Crippen molar-refractivity contribution in [3.63, 3.8) is 0 Å². The van der Waals surface area contributed by atoms with E-state index in [-0.39, 0.29) is 17.7 Å². The van der Waals surface area contributed by atoms with Gasteiger partial charge in [0.2, 0.25) is 0 Å². The lowest BCUT2D eigenvalue weighted by atomic mass is 10.2. The van der Waals surface area contributed by atoms with Crippen LogP contribution in [0.3, 0.4) is 0 Å². The van der Waals surface area contributed by atoms with E-state index in [0.29, 0.717) is 17.9 Å². The minimum Gasteiger partial charge on any atom is -0.508 e. The van der Waals surface area contributed by atoms with Crippen LogP contribution in [-0.2, 0) is 13.6 Å². The van der Waals surface area contributed by atoms with Crippen LogP contribution in [0.4, 0.5) is 5.69 Å². The van der Waals surface area contributed by atoms with Crippen LogP contribution in [0.2, 0.25) is 0 Å². The van der Waals surface area contributed by atoms with Gasteiger partial charge in [0.25, 0.3) is 5.91 Å². The molecular formula is C16H19N3O2. The van der Waals surface area contributed by atoms with Crippen molar-refractivity contribution in [2.45, 2.75) is 25.4 Å². The maximum atomic E-state index is 12.7. The minimum absolute atomic E-state index is 0.0138. The lowest BCUT2D eigenvalue weighted by Gasteiger charge is -2.23. The zero-order valence-corrected chi connectivity index (χ0v) is 12.0. The number of amides is 1. The molecule has 2 aromatic rings. The van der Waals surface area contributed by atoms with E-state index in [1.807, 2.05) is 18.0 Å². The molecule has 1 heterocycles. The summed E-state index contributed by atoms with van der Waals surface area (Å²) in [5.74, 6) is 0.207. The molecule has 110 valence electrons. The molecule has 5 heteroatoms.